The number of hydrogen-bond acceptors (Lipinski definition) is 5. The van der Waals surface area contributed by atoms with Crippen molar-refractivity contribution in [3.8, 4) is 0 Å². The van der Waals surface area contributed by atoms with Gasteiger partial charge in [0, 0.05) is 13.2 Å². The van der Waals surface area contributed by atoms with Crippen molar-refractivity contribution in [3.05, 3.63) is 30.5 Å². The van der Waals surface area contributed by atoms with Gasteiger partial charge in [-0.3, -0.25) is 4.98 Å². The fraction of sp³-hybridized carbons (Fsp3) is 0.467. The normalized spacial score (nSPS) is 22.9. The fourth-order valence-corrected chi connectivity index (χ4v) is 2.47. The third-order valence-corrected chi connectivity index (χ3v) is 3.47. The lowest BCUT2D eigenvalue weighted by molar-refractivity contribution is -0.0529. The summed E-state index contributed by atoms with van der Waals surface area (Å²) in [4.78, 5) is 9.01. The number of rotatable bonds is 4. The molecule has 1 saturated heterocycles. The largest absolute Gasteiger partial charge is 0.379 e. The summed E-state index contributed by atoms with van der Waals surface area (Å²) < 4.78 is 11.2. The number of benzene rings is 1. The average Bonchev–Trinajstić information content (AvgIpc) is 2.49. The summed E-state index contributed by atoms with van der Waals surface area (Å²) in [6, 6.07) is 8.09. The van der Waals surface area contributed by atoms with Crippen molar-refractivity contribution >= 4 is 16.9 Å². The first kappa shape index (κ1) is 13.3. The van der Waals surface area contributed by atoms with Crippen LogP contribution in [0.3, 0.4) is 0 Å². The van der Waals surface area contributed by atoms with Crippen LogP contribution < -0.4 is 5.32 Å². The molecule has 5 heteroatoms. The van der Waals surface area contributed by atoms with Crippen molar-refractivity contribution in [1.29, 1.82) is 0 Å². The van der Waals surface area contributed by atoms with E-state index in [2.05, 4.69) is 15.3 Å². The average molecular weight is 273 g/mol. The second kappa shape index (κ2) is 6.15. The highest BCUT2D eigenvalue weighted by Gasteiger charge is 2.26. The van der Waals surface area contributed by atoms with Gasteiger partial charge < -0.3 is 14.8 Å². The first-order chi connectivity index (χ1) is 9.86. The Hall–Kier alpha value is -1.72. The molecule has 0 saturated carbocycles. The zero-order valence-electron chi connectivity index (χ0n) is 11.6. The van der Waals surface area contributed by atoms with Crippen LogP contribution in [0.2, 0.25) is 0 Å². The van der Waals surface area contributed by atoms with Gasteiger partial charge in [0.15, 0.2) is 0 Å². The molecule has 5 nitrogen and oxygen atoms in total. The summed E-state index contributed by atoms with van der Waals surface area (Å²) in [6.07, 6.45) is 2.77. The monoisotopic (exact) mass is 273 g/mol. The summed E-state index contributed by atoms with van der Waals surface area (Å²) in [7, 11) is 0. The van der Waals surface area contributed by atoms with Crippen LogP contribution in [-0.2, 0) is 9.47 Å². The van der Waals surface area contributed by atoms with Gasteiger partial charge in [0.05, 0.1) is 29.9 Å². The van der Waals surface area contributed by atoms with Crippen molar-refractivity contribution in [3.63, 3.8) is 0 Å². The molecule has 0 bridgehead atoms. The highest BCUT2D eigenvalue weighted by atomic mass is 16.5. The van der Waals surface area contributed by atoms with Gasteiger partial charge in [-0.05, 0) is 25.5 Å². The van der Waals surface area contributed by atoms with Gasteiger partial charge >= 0.3 is 0 Å². The number of fused-ring (bicyclic) bond motifs is 1. The smallest absolute Gasteiger partial charge is 0.145 e. The minimum atomic E-state index is 0.0713. The molecular weight excluding hydrogens is 254 g/mol. The molecule has 2 aromatic rings. The summed E-state index contributed by atoms with van der Waals surface area (Å²) >= 11 is 0. The number of aromatic nitrogens is 2. The van der Waals surface area contributed by atoms with E-state index in [0.717, 1.165) is 29.9 Å². The molecule has 106 valence electrons. The van der Waals surface area contributed by atoms with E-state index in [-0.39, 0.29) is 12.1 Å². The third kappa shape index (κ3) is 2.89. The lowest BCUT2D eigenvalue weighted by Gasteiger charge is -2.32. The van der Waals surface area contributed by atoms with E-state index in [9.17, 15) is 0 Å². The molecule has 1 fully saturated rings. The predicted octanol–water partition coefficient (Wildman–Crippen LogP) is 2.24. The molecule has 1 aliphatic heterocycles. The molecular formula is C15H19N3O2. The lowest BCUT2D eigenvalue weighted by Crippen LogP contribution is -2.43. The van der Waals surface area contributed by atoms with Crippen LogP contribution in [0.25, 0.3) is 11.0 Å². The van der Waals surface area contributed by atoms with Gasteiger partial charge in [0.25, 0.3) is 0 Å². The molecule has 20 heavy (non-hydrogen) atoms. The minimum absolute atomic E-state index is 0.0713. The molecule has 1 aliphatic rings. The first-order valence-electron chi connectivity index (χ1n) is 7.04. The van der Waals surface area contributed by atoms with E-state index < -0.39 is 0 Å². The number of hydrogen-bond donors (Lipinski definition) is 1. The predicted molar refractivity (Wildman–Crippen MR) is 77.8 cm³/mol. The second-order valence-corrected chi connectivity index (χ2v) is 4.85. The van der Waals surface area contributed by atoms with Crippen molar-refractivity contribution in [2.24, 2.45) is 0 Å². The number of nitrogens with zero attached hydrogens (tertiary/aromatic N) is 2. The van der Waals surface area contributed by atoms with Crippen molar-refractivity contribution < 1.29 is 9.47 Å². The molecule has 0 aliphatic carbocycles. The molecule has 3 rings (SSSR count). The molecule has 0 spiro atoms. The van der Waals surface area contributed by atoms with E-state index in [4.69, 9.17) is 9.47 Å². The van der Waals surface area contributed by atoms with Crippen LogP contribution in [-0.4, -0.2) is 41.9 Å². The van der Waals surface area contributed by atoms with Crippen molar-refractivity contribution in [2.75, 3.05) is 25.1 Å². The van der Waals surface area contributed by atoms with Crippen molar-refractivity contribution in [1.82, 2.24) is 9.97 Å². The van der Waals surface area contributed by atoms with E-state index >= 15 is 0 Å². The molecule has 0 amide bonds. The fourth-order valence-electron chi connectivity index (χ4n) is 2.47. The summed E-state index contributed by atoms with van der Waals surface area (Å²) in [5.41, 5.74) is 1.81. The Morgan fingerprint density at radius 3 is 3.05 bits per heavy atom. The first-order valence-corrected chi connectivity index (χ1v) is 7.04. The Kier molecular flexibility index (Phi) is 4.08. The number of para-hydroxylation sites is 2. The zero-order chi connectivity index (χ0) is 13.8. The molecule has 1 aromatic heterocycles. The van der Waals surface area contributed by atoms with E-state index in [1.54, 1.807) is 6.20 Å². The Bertz CT molecular complexity index is 574. The highest BCUT2D eigenvalue weighted by Crippen LogP contribution is 2.18. The summed E-state index contributed by atoms with van der Waals surface area (Å²) in [5.74, 6) is 0.792. The quantitative estimate of drug-likeness (QED) is 0.925. The van der Waals surface area contributed by atoms with Crippen molar-refractivity contribution in [2.45, 2.75) is 25.5 Å². The molecule has 0 radical (unpaired) electrons. The molecule has 1 aromatic carbocycles. The third-order valence-electron chi connectivity index (χ3n) is 3.47. The Balaban J connectivity index is 1.77. The van der Waals surface area contributed by atoms with Gasteiger partial charge in [0.1, 0.15) is 11.9 Å². The Morgan fingerprint density at radius 2 is 2.20 bits per heavy atom. The van der Waals surface area contributed by atoms with Gasteiger partial charge in [-0.2, -0.15) is 0 Å². The second-order valence-electron chi connectivity index (χ2n) is 4.85. The standard InChI is InChI=1S/C15H19N3O2/c1-2-20-14-10-19-8-7-13(14)18-15-9-16-11-5-3-4-6-12(11)17-15/h3-6,9,13-14H,2,7-8,10H2,1H3,(H,17,18)/t13-,14-/m1/s1. The minimum Gasteiger partial charge on any atom is -0.379 e. The maximum atomic E-state index is 5.72. The number of anilines is 1. The van der Waals surface area contributed by atoms with Gasteiger partial charge in [-0.1, -0.05) is 12.1 Å². The van der Waals surface area contributed by atoms with E-state index in [1.165, 1.54) is 0 Å². The molecule has 0 unspecified atom stereocenters. The van der Waals surface area contributed by atoms with Gasteiger partial charge in [0.2, 0.25) is 0 Å². The summed E-state index contributed by atoms with van der Waals surface area (Å²) in [5, 5.41) is 3.43. The van der Waals surface area contributed by atoms with Crippen LogP contribution in [0, 0.1) is 0 Å². The number of nitrogens with one attached hydrogen (secondary N) is 1. The molecule has 2 atom stereocenters. The Morgan fingerprint density at radius 1 is 1.35 bits per heavy atom. The highest BCUT2D eigenvalue weighted by molar-refractivity contribution is 5.75. The number of ether oxygens (including phenoxy) is 2. The maximum Gasteiger partial charge on any atom is 0.145 e. The maximum absolute atomic E-state index is 5.72. The SMILES string of the molecule is CCO[C@@H]1COCC[C@H]1Nc1cnc2ccccc2n1. The van der Waals surface area contributed by atoms with Gasteiger partial charge in [-0.15, -0.1) is 0 Å². The lowest BCUT2D eigenvalue weighted by atomic mass is 10.1. The van der Waals surface area contributed by atoms with E-state index in [0.29, 0.717) is 13.2 Å². The van der Waals surface area contributed by atoms with Crippen LogP contribution >= 0.6 is 0 Å². The van der Waals surface area contributed by atoms with Crippen LogP contribution in [0.4, 0.5) is 5.82 Å². The summed E-state index contributed by atoms with van der Waals surface area (Å²) in [6.45, 7) is 4.08. The van der Waals surface area contributed by atoms with Crippen LogP contribution in [0.1, 0.15) is 13.3 Å². The van der Waals surface area contributed by atoms with E-state index in [1.807, 2.05) is 31.2 Å². The van der Waals surface area contributed by atoms with Crippen LogP contribution in [0.5, 0.6) is 0 Å². The zero-order valence-corrected chi connectivity index (χ0v) is 11.6. The Labute approximate surface area is 118 Å². The van der Waals surface area contributed by atoms with Crippen LogP contribution in [0.15, 0.2) is 30.5 Å². The molecule has 2 heterocycles. The topological polar surface area (TPSA) is 56.3 Å². The van der Waals surface area contributed by atoms with Gasteiger partial charge in [-0.25, -0.2) is 4.98 Å². The molecule has 1 N–H and O–H groups in total.